The molecule has 1 aliphatic rings. The minimum absolute atomic E-state index is 0.000682. The molecule has 0 bridgehead atoms. The number of unbranched alkanes of at least 4 members (excludes halogenated alkanes) is 2. The number of carbonyl (C=O) groups excluding carboxylic acids is 2. The van der Waals surface area contributed by atoms with Crippen molar-refractivity contribution in [1.29, 1.82) is 0 Å². The second kappa shape index (κ2) is 18.3. The van der Waals surface area contributed by atoms with Crippen LogP contribution in [0.3, 0.4) is 0 Å². The van der Waals surface area contributed by atoms with Gasteiger partial charge >= 0.3 is 5.97 Å². The average molecular weight is 641 g/mol. The van der Waals surface area contributed by atoms with Gasteiger partial charge in [0.2, 0.25) is 0 Å². The summed E-state index contributed by atoms with van der Waals surface area (Å²) in [5, 5.41) is 3.44. The van der Waals surface area contributed by atoms with Crippen LogP contribution in [-0.4, -0.2) is 43.1 Å². The first kappa shape index (κ1) is 35.7. The van der Waals surface area contributed by atoms with E-state index in [0.717, 1.165) is 79.2 Å². The summed E-state index contributed by atoms with van der Waals surface area (Å²) in [6.45, 7) is 12.3. The summed E-state index contributed by atoms with van der Waals surface area (Å²) >= 11 is 0. The van der Waals surface area contributed by atoms with E-state index >= 15 is 0 Å². The van der Waals surface area contributed by atoms with Gasteiger partial charge in [0.1, 0.15) is 23.6 Å². The summed E-state index contributed by atoms with van der Waals surface area (Å²) in [6.07, 6.45) is 7.92. The maximum absolute atomic E-state index is 13.9. The van der Waals surface area contributed by atoms with Crippen molar-refractivity contribution in [1.82, 2.24) is 10.2 Å². The molecule has 0 spiro atoms. The van der Waals surface area contributed by atoms with Crippen molar-refractivity contribution in [2.45, 2.75) is 97.4 Å². The fourth-order valence-electron chi connectivity index (χ4n) is 5.78. The lowest BCUT2D eigenvalue weighted by Gasteiger charge is -2.22. The number of benzene rings is 3. The van der Waals surface area contributed by atoms with Gasteiger partial charge in [-0.05, 0) is 73.8 Å². The van der Waals surface area contributed by atoms with Gasteiger partial charge in [-0.15, -0.1) is 0 Å². The SMILES string of the molecule is C=C(C)c1cc(C(=O)N(C)Cc2cccc(CN[C@H](C(=O)OC3CCCC3)c3ccccc3)c2)c(OCCCC)cc1OCCCC. The van der Waals surface area contributed by atoms with Gasteiger partial charge in [0.25, 0.3) is 5.91 Å². The molecule has 0 aromatic heterocycles. The highest BCUT2D eigenvalue weighted by molar-refractivity contribution is 5.98. The fourth-order valence-corrected chi connectivity index (χ4v) is 5.78. The number of allylic oxidation sites excluding steroid dienone is 1. The van der Waals surface area contributed by atoms with Crippen LogP contribution in [0.15, 0.2) is 73.3 Å². The molecule has 7 nitrogen and oxygen atoms in total. The van der Waals surface area contributed by atoms with Crippen molar-refractivity contribution in [2.24, 2.45) is 0 Å². The van der Waals surface area contributed by atoms with Crippen molar-refractivity contribution in [3.63, 3.8) is 0 Å². The van der Waals surface area contributed by atoms with E-state index in [1.807, 2.05) is 67.6 Å². The number of hydrogen-bond acceptors (Lipinski definition) is 6. The second-order valence-electron chi connectivity index (χ2n) is 12.6. The Morgan fingerprint density at radius 2 is 1.51 bits per heavy atom. The van der Waals surface area contributed by atoms with Crippen molar-refractivity contribution in [3.05, 3.63) is 101 Å². The molecule has 47 heavy (non-hydrogen) atoms. The lowest BCUT2D eigenvalue weighted by molar-refractivity contribution is -0.151. The average Bonchev–Trinajstić information content (AvgIpc) is 3.58. The van der Waals surface area contributed by atoms with Crippen LogP contribution in [0.4, 0.5) is 0 Å². The van der Waals surface area contributed by atoms with E-state index < -0.39 is 6.04 Å². The van der Waals surface area contributed by atoms with E-state index in [1.165, 1.54) is 0 Å². The largest absolute Gasteiger partial charge is 0.493 e. The van der Waals surface area contributed by atoms with E-state index in [0.29, 0.717) is 43.4 Å². The highest BCUT2D eigenvalue weighted by atomic mass is 16.5. The Hall–Kier alpha value is -4.10. The number of esters is 1. The number of rotatable bonds is 18. The zero-order chi connectivity index (χ0) is 33.6. The van der Waals surface area contributed by atoms with E-state index in [4.69, 9.17) is 14.2 Å². The molecule has 4 rings (SSSR count). The standard InChI is InChI=1S/C40H52N2O5/c1-6-8-22-45-36-26-37(46-23-9-7-2)35(25-34(36)29(3)4)39(43)42(5)28-31-17-15-16-30(24-31)27-41-38(32-18-11-10-12-19-32)40(44)47-33-20-13-14-21-33/h10-12,15-19,24-26,33,38,41H,3,6-9,13-14,20-23,27-28H2,1-2,4-5H3/t38-/m0/s1. The van der Waals surface area contributed by atoms with Gasteiger partial charge in [-0.1, -0.05) is 87.9 Å². The zero-order valence-electron chi connectivity index (χ0n) is 28.7. The Morgan fingerprint density at radius 3 is 2.15 bits per heavy atom. The maximum atomic E-state index is 13.9. The van der Waals surface area contributed by atoms with Gasteiger partial charge in [0, 0.05) is 31.8 Å². The number of nitrogens with one attached hydrogen (secondary N) is 1. The monoisotopic (exact) mass is 640 g/mol. The Morgan fingerprint density at radius 1 is 0.872 bits per heavy atom. The van der Waals surface area contributed by atoms with Crippen molar-refractivity contribution < 1.29 is 23.8 Å². The molecule has 1 aliphatic carbocycles. The quantitative estimate of drug-likeness (QED) is 0.111. The maximum Gasteiger partial charge on any atom is 0.328 e. The van der Waals surface area contributed by atoms with Crippen LogP contribution in [-0.2, 0) is 22.6 Å². The third kappa shape index (κ3) is 10.4. The van der Waals surface area contributed by atoms with E-state index in [9.17, 15) is 9.59 Å². The lowest BCUT2D eigenvalue weighted by atomic mass is 10.0. The van der Waals surface area contributed by atoms with E-state index in [-0.39, 0.29) is 18.0 Å². The minimum Gasteiger partial charge on any atom is -0.493 e. The van der Waals surface area contributed by atoms with Gasteiger partial charge in [-0.25, -0.2) is 4.79 Å². The molecule has 7 heteroatoms. The van der Waals surface area contributed by atoms with Crippen molar-refractivity contribution in [2.75, 3.05) is 20.3 Å². The van der Waals surface area contributed by atoms with Crippen molar-refractivity contribution in [3.8, 4) is 11.5 Å². The predicted octanol–water partition coefficient (Wildman–Crippen LogP) is 8.67. The van der Waals surface area contributed by atoms with Crippen LogP contribution >= 0.6 is 0 Å². The summed E-state index contributed by atoms with van der Waals surface area (Å²) in [5.41, 5.74) is 5.01. The highest BCUT2D eigenvalue weighted by Crippen LogP contribution is 2.34. The highest BCUT2D eigenvalue weighted by Gasteiger charge is 2.27. The molecule has 3 aromatic rings. The minimum atomic E-state index is -0.563. The Balaban J connectivity index is 1.49. The van der Waals surface area contributed by atoms with Crippen molar-refractivity contribution >= 4 is 17.4 Å². The molecule has 0 radical (unpaired) electrons. The van der Waals surface area contributed by atoms with Crippen LogP contribution in [0.1, 0.15) is 111 Å². The third-order valence-electron chi connectivity index (χ3n) is 8.50. The van der Waals surface area contributed by atoms with Gasteiger partial charge in [0.05, 0.1) is 18.8 Å². The van der Waals surface area contributed by atoms with E-state index in [2.05, 4.69) is 31.8 Å². The lowest BCUT2D eigenvalue weighted by Crippen LogP contribution is -2.32. The molecule has 3 aromatic carbocycles. The molecule has 1 amide bonds. The summed E-state index contributed by atoms with van der Waals surface area (Å²) in [5.74, 6) is 0.845. The van der Waals surface area contributed by atoms with Gasteiger partial charge in [0.15, 0.2) is 0 Å². The Bertz CT molecular complexity index is 1460. The first-order valence-electron chi connectivity index (χ1n) is 17.2. The molecule has 1 fully saturated rings. The summed E-state index contributed by atoms with van der Waals surface area (Å²) in [4.78, 5) is 28.9. The number of amides is 1. The number of ether oxygens (including phenoxy) is 3. The molecule has 0 heterocycles. The molecular formula is C40H52N2O5. The first-order chi connectivity index (χ1) is 22.8. The Kier molecular flexibility index (Phi) is 13.9. The third-order valence-corrected chi connectivity index (χ3v) is 8.50. The second-order valence-corrected chi connectivity index (χ2v) is 12.6. The summed E-state index contributed by atoms with van der Waals surface area (Å²) < 4.78 is 18.1. The normalized spacial score (nSPS) is 13.6. The van der Waals surface area contributed by atoms with Crippen LogP contribution in [0.25, 0.3) is 5.57 Å². The smallest absolute Gasteiger partial charge is 0.328 e. The molecule has 0 unspecified atom stereocenters. The molecular weight excluding hydrogens is 588 g/mol. The van der Waals surface area contributed by atoms with Crippen LogP contribution in [0.5, 0.6) is 11.5 Å². The van der Waals surface area contributed by atoms with Gasteiger partial charge in [-0.2, -0.15) is 0 Å². The molecule has 252 valence electrons. The molecule has 0 saturated heterocycles. The topological polar surface area (TPSA) is 77.1 Å². The molecule has 1 atom stereocenters. The first-order valence-corrected chi connectivity index (χ1v) is 17.2. The summed E-state index contributed by atoms with van der Waals surface area (Å²) in [7, 11) is 1.81. The van der Waals surface area contributed by atoms with Gasteiger partial charge in [-0.3, -0.25) is 10.1 Å². The molecule has 1 saturated carbocycles. The molecule has 1 N–H and O–H groups in total. The Labute approximate surface area is 281 Å². The zero-order valence-corrected chi connectivity index (χ0v) is 28.7. The van der Waals surface area contributed by atoms with Crippen LogP contribution in [0.2, 0.25) is 0 Å². The van der Waals surface area contributed by atoms with Gasteiger partial charge < -0.3 is 19.1 Å². The van der Waals surface area contributed by atoms with Crippen LogP contribution in [0, 0.1) is 0 Å². The van der Waals surface area contributed by atoms with Crippen LogP contribution < -0.4 is 14.8 Å². The summed E-state index contributed by atoms with van der Waals surface area (Å²) in [6, 6.07) is 21.0. The number of hydrogen-bond donors (Lipinski definition) is 1. The van der Waals surface area contributed by atoms with E-state index in [1.54, 1.807) is 11.9 Å². The predicted molar refractivity (Wildman–Crippen MR) is 189 cm³/mol. The number of nitrogens with zero attached hydrogens (tertiary/aromatic N) is 1. The fraction of sp³-hybridized carbons (Fsp3) is 0.450. The molecule has 0 aliphatic heterocycles. The number of carbonyl (C=O) groups is 2.